The van der Waals surface area contributed by atoms with Gasteiger partial charge in [0.15, 0.2) is 0 Å². The van der Waals surface area contributed by atoms with Gasteiger partial charge in [0.05, 0.1) is 12.7 Å². The molecule has 2 atom stereocenters. The lowest BCUT2D eigenvalue weighted by molar-refractivity contribution is 0.152. The van der Waals surface area contributed by atoms with E-state index < -0.39 is 6.10 Å². The Labute approximate surface area is 146 Å². The lowest BCUT2D eigenvalue weighted by atomic mass is 9.86. The smallest absolute Gasteiger partial charge is 0.108 e. The number of benzene rings is 1. The van der Waals surface area contributed by atoms with Gasteiger partial charge in [-0.3, -0.25) is 0 Å². The molecule has 0 spiro atoms. The Kier molecular flexibility index (Phi) is 8.08. The van der Waals surface area contributed by atoms with E-state index >= 15 is 0 Å². The van der Waals surface area contributed by atoms with E-state index in [-0.39, 0.29) is 5.92 Å². The monoisotopic (exact) mass is 326 g/mol. The fourth-order valence-corrected chi connectivity index (χ4v) is 3.24. The maximum absolute atomic E-state index is 10.4. The quantitative estimate of drug-likeness (QED) is 0.465. The highest BCUT2D eigenvalue weighted by Gasteiger charge is 2.17. The van der Waals surface area contributed by atoms with Gasteiger partial charge in [0, 0.05) is 5.92 Å². The minimum absolute atomic E-state index is 0.0647. The fourth-order valence-electron chi connectivity index (χ4n) is 3.24. The van der Waals surface area contributed by atoms with Crippen LogP contribution < -0.4 is 0 Å². The third kappa shape index (κ3) is 6.51. The van der Waals surface area contributed by atoms with Gasteiger partial charge >= 0.3 is 0 Å². The summed E-state index contributed by atoms with van der Waals surface area (Å²) in [5, 5.41) is 10.4. The van der Waals surface area contributed by atoms with Crippen molar-refractivity contribution in [1.82, 2.24) is 0 Å². The lowest BCUT2D eigenvalue weighted by Crippen LogP contribution is -2.19. The van der Waals surface area contributed by atoms with Crippen molar-refractivity contribution in [2.45, 2.75) is 58.7 Å². The van der Waals surface area contributed by atoms with Gasteiger partial charge in [0.25, 0.3) is 0 Å². The first-order valence-corrected chi connectivity index (χ1v) is 9.13. The summed E-state index contributed by atoms with van der Waals surface area (Å²) < 4.78 is 5.56. The molecule has 0 amide bonds. The van der Waals surface area contributed by atoms with Crippen LogP contribution in [-0.4, -0.2) is 17.8 Å². The zero-order valence-electron chi connectivity index (χ0n) is 15.0. The van der Waals surface area contributed by atoms with Gasteiger partial charge in [-0.1, -0.05) is 67.5 Å². The number of aliphatic hydroxyl groups is 1. The minimum atomic E-state index is -0.478. The first-order valence-electron chi connectivity index (χ1n) is 9.13. The summed E-state index contributed by atoms with van der Waals surface area (Å²) in [6.07, 6.45) is 8.31. The van der Waals surface area contributed by atoms with Crippen LogP contribution in [0.3, 0.4) is 0 Å². The second-order valence-electron chi connectivity index (χ2n) is 6.84. The van der Waals surface area contributed by atoms with E-state index in [0.29, 0.717) is 19.1 Å². The molecule has 1 fully saturated rings. The highest BCUT2D eigenvalue weighted by molar-refractivity contribution is 5.16. The summed E-state index contributed by atoms with van der Waals surface area (Å²) >= 11 is 0. The lowest BCUT2D eigenvalue weighted by Gasteiger charge is -2.21. The molecule has 2 heteroatoms. The molecule has 0 unspecified atom stereocenters. The molecule has 0 radical (unpaired) electrons. The zero-order chi connectivity index (χ0) is 17.2. The molecule has 1 saturated carbocycles. The molecule has 1 N–H and O–H groups in total. The number of hydrogen-bond donors (Lipinski definition) is 1. The Morgan fingerprint density at radius 3 is 2.67 bits per heavy atom. The van der Waals surface area contributed by atoms with E-state index in [0.717, 1.165) is 11.1 Å². The van der Waals surface area contributed by atoms with Gasteiger partial charge in [-0.15, -0.1) is 0 Å². The highest BCUT2D eigenvalue weighted by Crippen LogP contribution is 2.26. The Morgan fingerprint density at radius 1 is 1.25 bits per heavy atom. The first kappa shape index (κ1) is 18.8. The van der Waals surface area contributed by atoms with Gasteiger partial charge in [-0.05, 0) is 43.7 Å². The van der Waals surface area contributed by atoms with Crippen molar-refractivity contribution in [1.29, 1.82) is 0 Å². The number of rotatable bonds is 6. The number of allylic oxidation sites excluding steroid dienone is 1. The van der Waals surface area contributed by atoms with Crippen LogP contribution in [0.15, 0.2) is 42.0 Å². The molecule has 24 heavy (non-hydrogen) atoms. The predicted octanol–water partition coefficient (Wildman–Crippen LogP) is 4.73. The molecule has 2 rings (SSSR count). The van der Waals surface area contributed by atoms with Crippen LogP contribution in [0.1, 0.15) is 51.5 Å². The molecular weight excluding hydrogens is 296 g/mol. The zero-order valence-corrected chi connectivity index (χ0v) is 15.0. The van der Waals surface area contributed by atoms with Crippen molar-refractivity contribution < 1.29 is 9.84 Å². The van der Waals surface area contributed by atoms with Crippen LogP contribution in [0.5, 0.6) is 0 Å². The molecule has 0 heterocycles. The predicted molar refractivity (Wildman–Crippen MR) is 99.4 cm³/mol. The Hall–Kier alpha value is -1.56. The summed E-state index contributed by atoms with van der Waals surface area (Å²) in [6.45, 7) is 4.99. The van der Waals surface area contributed by atoms with Gasteiger partial charge in [0.2, 0.25) is 0 Å². The van der Waals surface area contributed by atoms with Crippen molar-refractivity contribution in [2.75, 3.05) is 6.61 Å². The number of ether oxygens (including phenoxy) is 1. The fraction of sp³-hybridized carbons (Fsp3) is 0.545. The molecule has 2 nitrogen and oxygen atoms in total. The standard InChI is InChI=1S/C22H30O2/c1-18(10-9-15-24-17-21-13-7-4-8-14-21)22(23)19(2)16-20-11-5-3-6-12-20/h4,7-8,13-14,16,18,20,22-23H,3,5-6,11-12,15,17H2,1-2H3/b19-16+/t18-,22+/m1/s1. The Bertz CT molecular complexity index is 559. The van der Waals surface area contributed by atoms with Crippen LogP contribution in [0.2, 0.25) is 0 Å². The average molecular weight is 326 g/mol. The van der Waals surface area contributed by atoms with Crippen molar-refractivity contribution in [3.8, 4) is 11.8 Å². The van der Waals surface area contributed by atoms with Crippen LogP contribution in [0.25, 0.3) is 0 Å². The highest BCUT2D eigenvalue weighted by atomic mass is 16.5. The summed E-state index contributed by atoms with van der Waals surface area (Å²) in [5.74, 6) is 6.73. The van der Waals surface area contributed by atoms with E-state index in [1.165, 1.54) is 32.1 Å². The van der Waals surface area contributed by atoms with Gasteiger partial charge in [-0.25, -0.2) is 0 Å². The molecule has 0 aromatic heterocycles. The van der Waals surface area contributed by atoms with Gasteiger partial charge < -0.3 is 9.84 Å². The van der Waals surface area contributed by atoms with Crippen LogP contribution in [0, 0.1) is 23.7 Å². The summed E-state index contributed by atoms with van der Waals surface area (Å²) in [4.78, 5) is 0. The molecule has 1 aromatic rings. The van der Waals surface area contributed by atoms with Crippen LogP contribution >= 0.6 is 0 Å². The van der Waals surface area contributed by atoms with E-state index in [4.69, 9.17) is 4.74 Å². The third-order valence-corrected chi connectivity index (χ3v) is 4.70. The molecule has 0 bridgehead atoms. The average Bonchev–Trinajstić information content (AvgIpc) is 2.62. The van der Waals surface area contributed by atoms with Gasteiger partial charge in [0.1, 0.15) is 6.61 Å². The normalized spacial score (nSPS) is 18.5. The second-order valence-corrected chi connectivity index (χ2v) is 6.84. The topological polar surface area (TPSA) is 29.5 Å². The summed E-state index contributed by atoms with van der Waals surface area (Å²) in [5.41, 5.74) is 2.22. The third-order valence-electron chi connectivity index (χ3n) is 4.70. The van der Waals surface area contributed by atoms with E-state index in [2.05, 4.69) is 17.9 Å². The second kappa shape index (κ2) is 10.3. The van der Waals surface area contributed by atoms with Crippen molar-refractivity contribution >= 4 is 0 Å². The van der Waals surface area contributed by atoms with Crippen LogP contribution in [-0.2, 0) is 11.3 Å². The first-order chi connectivity index (χ1) is 11.7. The molecule has 1 aromatic carbocycles. The molecule has 1 aliphatic rings. The van der Waals surface area contributed by atoms with Crippen LogP contribution in [0.4, 0.5) is 0 Å². The molecule has 1 aliphatic carbocycles. The number of hydrogen-bond acceptors (Lipinski definition) is 2. The molecule has 0 saturated heterocycles. The van der Waals surface area contributed by atoms with Gasteiger partial charge in [-0.2, -0.15) is 0 Å². The molecule has 130 valence electrons. The molecule has 0 aliphatic heterocycles. The summed E-state index contributed by atoms with van der Waals surface area (Å²) in [6, 6.07) is 10.1. The largest absolute Gasteiger partial charge is 0.387 e. The Balaban J connectivity index is 1.74. The Morgan fingerprint density at radius 2 is 1.96 bits per heavy atom. The maximum Gasteiger partial charge on any atom is 0.108 e. The van der Waals surface area contributed by atoms with E-state index in [1.54, 1.807) is 0 Å². The van der Waals surface area contributed by atoms with Crippen molar-refractivity contribution in [2.24, 2.45) is 11.8 Å². The molecular formula is C22H30O2. The van der Waals surface area contributed by atoms with E-state index in [1.807, 2.05) is 44.2 Å². The summed E-state index contributed by atoms with van der Waals surface area (Å²) in [7, 11) is 0. The van der Waals surface area contributed by atoms with Crippen molar-refractivity contribution in [3.05, 3.63) is 47.5 Å². The maximum atomic E-state index is 10.4. The SMILES string of the molecule is C/C(=C\C1CCCCC1)[C@@H](O)[C@H](C)C#CCOCc1ccccc1. The van der Waals surface area contributed by atoms with Crippen molar-refractivity contribution in [3.63, 3.8) is 0 Å². The van der Waals surface area contributed by atoms with E-state index in [9.17, 15) is 5.11 Å². The number of aliphatic hydroxyl groups excluding tert-OH is 1. The minimum Gasteiger partial charge on any atom is -0.387 e.